The van der Waals surface area contributed by atoms with Crippen molar-refractivity contribution >= 4 is 11.6 Å². The van der Waals surface area contributed by atoms with E-state index in [2.05, 4.69) is 5.10 Å². The van der Waals surface area contributed by atoms with Crippen molar-refractivity contribution in [3.05, 3.63) is 52.3 Å². The standard InChI is InChI=1S/C14H14ClF3N2O/c1-8(2)20-12(11(15)7-19-20)13(21)9-4-3-5-10(6-9)14(16,17)18/h3-8,13,21H,1-2H3. The second-order valence-electron chi connectivity index (χ2n) is 4.94. The minimum Gasteiger partial charge on any atom is -0.382 e. The van der Waals surface area contributed by atoms with Crippen LogP contribution in [-0.4, -0.2) is 14.9 Å². The lowest BCUT2D eigenvalue weighted by Gasteiger charge is -2.18. The third kappa shape index (κ3) is 3.22. The SMILES string of the molecule is CC(C)n1ncc(Cl)c1C(O)c1cccc(C(F)(F)F)c1. The van der Waals surface area contributed by atoms with Crippen molar-refractivity contribution in [2.24, 2.45) is 0 Å². The summed E-state index contributed by atoms with van der Waals surface area (Å²) in [6.07, 6.45) is -4.37. The highest BCUT2D eigenvalue weighted by Gasteiger charge is 2.31. The Kier molecular flexibility index (Phi) is 4.30. The highest BCUT2D eigenvalue weighted by atomic mass is 35.5. The Morgan fingerprint density at radius 3 is 2.52 bits per heavy atom. The van der Waals surface area contributed by atoms with Crippen molar-refractivity contribution < 1.29 is 18.3 Å². The third-order valence-corrected chi connectivity index (χ3v) is 3.36. The van der Waals surface area contributed by atoms with E-state index < -0.39 is 17.8 Å². The van der Waals surface area contributed by atoms with Crippen LogP contribution in [0.15, 0.2) is 30.5 Å². The lowest BCUT2D eigenvalue weighted by molar-refractivity contribution is -0.137. The molecule has 0 aliphatic rings. The third-order valence-electron chi connectivity index (χ3n) is 3.06. The van der Waals surface area contributed by atoms with Gasteiger partial charge in [0.15, 0.2) is 0 Å². The van der Waals surface area contributed by atoms with Gasteiger partial charge in [0.25, 0.3) is 0 Å². The molecule has 0 amide bonds. The number of aliphatic hydroxyl groups excluding tert-OH is 1. The van der Waals surface area contributed by atoms with E-state index in [0.29, 0.717) is 0 Å². The molecule has 2 aromatic rings. The molecule has 0 saturated heterocycles. The normalized spacial score (nSPS) is 13.7. The van der Waals surface area contributed by atoms with Gasteiger partial charge in [0.05, 0.1) is 22.5 Å². The first-order chi connectivity index (χ1) is 9.71. The van der Waals surface area contributed by atoms with E-state index in [4.69, 9.17) is 11.6 Å². The first-order valence-corrected chi connectivity index (χ1v) is 6.67. The molecule has 21 heavy (non-hydrogen) atoms. The van der Waals surface area contributed by atoms with Crippen LogP contribution in [0.1, 0.15) is 42.8 Å². The lowest BCUT2D eigenvalue weighted by atomic mass is 10.0. The van der Waals surface area contributed by atoms with Gasteiger partial charge < -0.3 is 5.11 Å². The fraction of sp³-hybridized carbons (Fsp3) is 0.357. The van der Waals surface area contributed by atoms with E-state index in [0.717, 1.165) is 12.1 Å². The van der Waals surface area contributed by atoms with Crippen LogP contribution in [0.5, 0.6) is 0 Å². The van der Waals surface area contributed by atoms with Gasteiger partial charge in [-0.25, -0.2) is 0 Å². The van der Waals surface area contributed by atoms with Crippen LogP contribution in [0.2, 0.25) is 5.02 Å². The highest BCUT2D eigenvalue weighted by molar-refractivity contribution is 6.31. The first kappa shape index (κ1) is 15.9. The molecule has 0 aliphatic carbocycles. The molecule has 0 bridgehead atoms. The van der Waals surface area contributed by atoms with Gasteiger partial charge in [-0.05, 0) is 31.5 Å². The molecule has 1 N–H and O–H groups in total. The largest absolute Gasteiger partial charge is 0.416 e. The van der Waals surface area contributed by atoms with Gasteiger partial charge >= 0.3 is 6.18 Å². The number of aromatic nitrogens is 2. The average Bonchev–Trinajstić information content (AvgIpc) is 2.79. The van der Waals surface area contributed by atoms with Crippen molar-refractivity contribution in [3.63, 3.8) is 0 Å². The van der Waals surface area contributed by atoms with Gasteiger partial charge in [0.1, 0.15) is 6.10 Å². The number of aliphatic hydroxyl groups is 1. The van der Waals surface area contributed by atoms with Gasteiger partial charge in [-0.3, -0.25) is 4.68 Å². The molecule has 1 heterocycles. The number of benzene rings is 1. The molecule has 2 rings (SSSR count). The Labute approximate surface area is 125 Å². The molecule has 0 aliphatic heterocycles. The summed E-state index contributed by atoms with van der Waals surface area (Å²) in [7, 11) is 0. The van der Waals surface area contributed by atoms with Gasteiger partial charge in [-0.15, -0.1) is 0 Å². The zero-order chi connectivity index (χ0) is 15.8. The van der Waals surface area contributed by atoms with E-state index in [-0.39, 0.29) is 22.3 Å². The predicted octanol–water partition coefficient (Wildman–Crippen LogP) is 4.22. The first-order valence-electron chi connectivity index (χ1n) is 6.30. The number of nitrogens with zero attached hydrogens (tertiary/aromatic N) is 2. The maximum Gasteiger partial charge on any atom is 0.416 e. The van der Waals surface area contributed by atoms with E-state index in [1.165, 1.54) is 23.0 Å². The predicted molar refractivity (Wildman–Crippen MR) is 73.1 cm³/mol. The maximum absolute atomic E-state index is 12.7. The highest BCUT2D eigenvalue weighted by Crippen LogP contribution is 2.34. The molecule has 7 heteroatoms. The van der Waals surface area contributed by atoms with Crippen LogP contribution < -0.4 is 0 Å². The maximum atomic E-state index is 12.7. The Morgan fingerprint density at radius 2 is 1.95 bits per heavy atom. The zero-order valence-electron chi connectivity index (χ0n) is 11.4. The molecule has 1 unspecified atom stereocenters. The van der Waals surface area contributed by atoms with Gasteiger partial charge in [0, 0.05) is 6.04 Å². The van der Waals surface area contributed by atoms with Crippen molar-refractivity contribution in [2.75, 3.05) is 0 Å². The molecule has 0 saturated carbocycles. The average molecular weight is 319 g/mol. The Bertz CT molecular complexity index is 637. The van der Waals surface area contributed by atoms with Gasteiger partial charge in [-0.2, -0.15) is 18.3 Å². The second-order valence-corrected chi connectivity index (χ2v) is 5.35. The van der Waals surface area contributed by atoms with E-state index >= 15 is 0 Å². The summed E-state index contributed by atoms with van der Waals surface area (Å²) < 4.78 is 39.7. The molecule has 1 aromatic carbocycles. The molecule has 0 radical (unpaired) electrons. The molecule has 1 aromatic heterocycles. The van der Waals surface area contributed by atoms with Gasteiger partial charge in [-0.1, -0.05) is 23.7 Å². The summed E-state index contributed by atoms with van der Waals surface area (Å²) in [5.41, 5.74) is -0.411. The summed E-state index contributed by atoms with van der Waals surface area (Å²) in [5.74, 6) is 0. The molecule has 114 valence electrons. The lowest BCUT2D eigenvalue weighted by Crippen LogP contribution is -2.13. The second kappa shape index (κ2) is 5.69. The summed E-state index contributed by atoms with van der Waals surface area (Å²) in [5, 5.41) is 14.6. The van der Waals surface area contributed by atoms with Crippen LogP contribution in [0.4, 0.5) is 13.2 Å². The fourth-order valence-electron chi connectivity index (χ4n) is 2.06. The number of hydrogen-bond donors (Lipinski definition) is 1. The molecule has 1 atom stereocenters. The molecule has 0 spiro atoms. The van der Waals surface area contributed by atoms with Crippen molar-refractivity contribution in [1.82, 2.24) is 9.78 Å². The van der Waals surface area contributed by atoms with Crippen LogP contribution in [0.3, 0.4) is 0 Å². The summed E-state index contributed by atoms with van der Waals surface area (Å²) in [6.45, 7) is 3.68. The van der Waals surface area contributed by atoms with Crippen LogP contribution in [0, 0.1) is 0 Å². The molecule has 3 nitrogen and oxygen atoms in total. The topological polar surface area (TPSA) is 38.0 Å². The minimum absolute atomic E-state index is 0.0760. The van der Waals surface area contributed by atoms with E-state index in [1.54, 1.807) is 0 Å². The quantitative estimate of drug-likeness (QED) is 0.920. The Hall–Kier alpha value is -1.53. The Balaban J connectivity index is 2.46. The minimum atomic E-state index is -4.46. The van der Waals surface area contributed by atoms with Crippen molar-refractivity contribution in [3.8, 4) is 0 Å². The van der Waals surface area contributed by atoms with Gasteiger partial charge in [0.2, 0.25) is 0 Å². The van der Waals surface area contributed by atoms with Crippen LogP contribution >= 0.6 is 11.6 Å². The number of hydrogen-bond acceptors (Lipinski definition) is 2. The summed E-state index contributed by atoms with van der Waals surface area (Å²) in [6, 6.07) is 4.48. The Morgan fingerprint density at radius 1 is 1.29 bits per heavy atom. The van der Waals surface area contributed by atoms with Crippen molar-refractivity contribution in [2.45, 2.75) is 32.2 Å². The molecule has 0 fully saturated rings. The molecular weight excluding hydrogens is 305 g/mol. The summed E-state index contributed by atoms with van der Waals surface area (Å²) >= 11 is 6.00. The van der Waals surface area contributed by atoms with Crippen molar-refractivity contribution in [1.29, 1.82) is 0 Å². The van der Waals surface area contributed by atoms with E-state index in [9.17, 15) is 18.3 Å². The summed E-state index contributed by atoms with van der Waals surface area (Å²) in [4.78, 5) is 0. The number of alkyl halides is 3. The monoisotopic (exact) mass is 318 g/mol. The number of rotatable bonds is 3. The zero-order valence-corrected chi connectivity index (χ0v) is 12.2. The van der Waals surface area contributed by atoms with Crippen LogP contribution in [-0.2, 0) is 6.18 Å². The number of halogens is 4. The van der Waals surface area contributed by atoms with E-state index in [1.807, 2.05) is 13.8 Å². The molecular formula is C14H14ClF3N2O. The van der Waals surface area contributed by atoms with Crippen LogP contribution in [0.25, 0.3) is 0 Å². The fourth-order valence-corrected chi connectivity index (χ4v) is 2.29. The smallest absolute Gasteiger partial charge is 0.382 e.